The van der Waals surface area contributed by atoms with Crippen LogP contribution in [0.2, 0.25) is 5.02 Å². The first kappa shape index (κ1) is 14.8. The number of aliphatic imine (C=N–C) groups is 1. The standard InChI is InChI=1S/C15H15ClN2OS/c1-18(20-13-9-7-12(16)8-10-13)11-17-14-5-3-4-6-15(14)19-2/h3-11H,1-2H3. The first-order valence-electron chi connectivity index (χ1n) is 6.02. The molecule has 0 unspecified atom stereocenters. The Bertz CT molecular complexity index is 587. The minimum atomic E-state index is 0.736. The number of halogens is 1. The SMILES string of the molecule is COc1ccccc1N=CN(C)Sc1ccc(Cl)cc1. The van der Waals surface area contributed by atoms with E-state index < -0.39 is 0 Å². The molecular formula is C15H15ClN2OS. The van der Waals surface area contributed by atoms with Crippen LogP contribution in [-0.4, -0.2) is 24.8 Å². The van der Waals surface area contributed by atoms with Crippen molar-refractivity contribution in [1.29, 1.82) is 0 Å². The van der Waals surface area contributed by atoms with Crippen molar-refractivity contribution < 1.29 is 4.74 Å². The maximum absolute atomic E-state index is 5.86. The van der Waals surface area contributed by atoms with Gasteiger partial charge in [0.2, 0.25) is 0 Å². The van der Waals surface area contributed by atoms with Crippen LogP contribution in [0.4, 0.5) is 5.69 Å². The van der Waals surface area contributed by atoms with Gasteiger partial charge in [-0.25, -0.2) is 4.99 Å². The summed E-state index contributed by atoms with van der Waals surface area (Å²) in [5.74, 6) is 0.758. The third kappa shape index (κ3) is 4.18. The highest BCUT2D eigenvalue weighted by molar-refractivity contribution is 7.97. The van der Waals surface area contributed by atoms with Gasteiger partial charge in [-0.15, -0.1) is 0 Å². The summed E-state index contributed by atoms with van der Waals surface area (Å²) >= 11 is 7.43. The van der Waals surface area contributed by atoms with Gasteiger partial charge < -0.3 is 9.04 Å². The molecule has 104 valence electrons. The van der Waals surface area contributed by atoms with Crippen LogP contribution in [0.3, 0.4) is 0 Å². The molecule has 0 aliphatic rings. The predicted octanol–water partition coefficient (Wildman–Crippen LogP) is 4.65. The molecule has 0 saturated heterocycles. The van der Waals surface area contributed by atoms with Crippen LogP contribution in [0.1, 0.15) is 0 Å². The molecule has 3 nitrogen and oxygen atoms in total. The van der Waals surface area contributed by atoms with E-state index in [4.69, 9.17) is 16.3 Å². The number of methoxy groups -OCH3 is 1. The molecule has 0 aromatic heterocycles. The van der Waals surface area contributed by atoms with E-state index in [2.05, 4.69) is 4.99 Å². The smallest absolute Gasteiger partial charge is 0.144 e. The Morgan fingerprint density at radius 1 is 1.15 bits per heavy atom. The maximum Gasteiger partial charge on any atom is 0.144 e. The van der Waals surface area contributed by atoms with Gasteiger partial charge >= 0.3 is 0 Å². The van der Waals surface area contributed by atoms with Gasteiger partial charge in [-0.3, -0.25) is 0 Å². The highest BCUT2D eigenvalue weighted by Gasteiger charge is 2.00. The molecule has 0 bridgehead atoms. The van der Waals surface area contributed by atoms with Crippen molar-refractivity contribution in [3.8, 4) is 5.75 Å². The summed E-state index contributed by atoms with van der Waals surface area (Å²) in [5, 5.41) is 0.736. The summed E-state index contributed by atoms with van der Waals surface area (Å²) in [6.07, 6.45) is 1.76. The van der Waals surface area contributed by atoms with Crippen molar-refractivity contribution in [2.24, 2.45) is 4.99 Å². The Morgan fingerprint density at radius 3 is 2.55 bits per heavy atom. The number of ether oxygens (including phenoxy) is 1. The Balaban J connectivity index is 2.01. The van der Waals surface area contributed by atoms with E-state index in [1.165, 1.54) is 0 Å². The Kier molecular flexibility index (Phi) is 5.32. The second-order valence-electron chi connectivity index (χ2n) is 4.01. The van der Waals surface area contributed by atoms with Gasteiger partial charge in [-0.1, -0.05) is 23.7 Å². The second-order valence-corrected chi connectivity index (χ2v) is 5.67. The maximum atomic E-state index is 5.86. The fraction of sp³-hybridized carbons (Fsp3) is 0.133. The van der Waals surface area contributed by atoms with Crippen LogP contribution in [0.25, 0.3) is 0 Å². The van der Waals surface area contributed by atoms with Gasteiger partial charge in [0.15, 0.2) is 0 Å². The lowest BCUT2D eigenvalue weighted by Crippen LogP contribution is -2.04. The van der Waals surface area contributed by atoms with E-state index in [1.54, 1.807) is 25.4 Å². The summed E-state index contributed by atoms with van der Waals surface area (Å²) in [6.45, 7) is 0. The van der Waals surface area contributed by atoms with Crippen molar-refractivity contribution in [2.45, 2.75) is 4.90 Å². The summed E-state index contributed by atoms with van der Waals surface area (Å²) in [5.41, 5.74) is 0.804. The Labute approximate surface area is 128 Å². The van der Waals surface area contributed by atoms with Crippen molar-refractivity contribution >= 4 is 35.6 Å². The third-order valence-electron chi connectivity index (χ3n) is 2.51. The minimum Gasteiger partial charge on any atom is -0.494 e. The first-order chi connectivity index (χ1) is 9.69. The Morgan fingerprint density at radius 2 is 1.85 bits per heavy atom. The van der Waals surface area contributed by atoms with E-state index in [1.807, 2.05) is 59.9 Å². The molecule has 0 aliphatic heterocycles. The highest BCUT2D eigenvalue weighted by Crippen LogP contribution is 2.27. The number of benzene rings is 2. The molecule has 0 N–H and O–H groups in total. The molecule has 0 heterocycles. The third-order valence-corrected chi connectivity index (χ3v) is 3.62. The Hall–Kier alpha value is -1.65. The molecule has 0 saturated carbocycles. The van der Waals surface area contributed by atoms with Gasteiger partial charge in [0, 0.05) is 17.0 Å². The zero-order valence-electron chi connectivity index (χ0n) is 11.3. The lowest BCUT2D eigenvalue weighted by Gasteiger charge is -2.11. The van der Waals surface area contributed by atoms with E-state index in [9.17, 15) is 0 Å². The minimum absolute atomic E-state index is 0.736. The van der Waals surface area contributed by atoms with E-state index in [0.717, 1.165) is 21.4 Å². The number of hydrogen-bond acceptors (Lipinski definition) is 3. The molecule has 2 aromatic rings. The van der Waals surface area contributed by atoms with Crippen LogP contribution in [-0.2, 0) is 0 Å². The topological polar surface area (TPSA) is 24.8 Å². The highest BCUT2D eigenvalue weighted by atomic mass is 35.5. The number of hydrogen-bond donors (Lipinski definition) is 0. The second kappa shape index (κ2) is 7.22. The number of nitrogens with zero attached hydrogens (tertiary/aromatic N) is 2. The monoisotopic (exact) mass is 306 g/mol. The quantitative estimate of drug-likeness (QED) is 0.457. The summed E-state index contributed by atoms with van der Waals surface area (Å²) < 4.78 is 7.18. The fourth-order valence-corrected chi connectivity index (χ4v) is 2.38. The lowest BCUT2D eigenvalue weighted by molar-refractivity contribution is 0.416. The molecule has 0 radical (unpaired) electrons. The normalized spacial score (nSPS) is 10.8. The molecule has 2 rings (SSSR count). The van der Waals surface area contributed by atoms with Gasteiger partial charge in [0.05, 0.1) is 7.11 Å². The van der Waals surface area contributed by atoms with Crippen molar-refractivity contribution in [1.82, 2.24) is 4.31 Å². The van der Waals surface area contributed by atoms with Crippen LogP contribution in [0, 0.1) is 0 Å². The molecule has 0 amide bonds. The molecule has 0 spiro atoms. The van der Waals surface area contributed by atoms with Crippen LogP contribution < -0.4 is 4.74 Å². The lowest BCUT2D eigenvalue weighted by atomic mass is 10.3. The fourth-order valence-electron chi connectivity index (χ4n) is 1.57. The molecule has 0 aliphatic carbocycles. The van der Waals surface area contributed by atoms with Crippen LogP contribution in [0.5, 0.6) is 5.75 Å². The molecule has 5 heteroatoms. The summed E-state index contributed by atoms with van der Waals surface area (Å²) in [4.78, 5) is 5.52. The predicted molar refractivity (Wildman–Crippen MR) is 86.2 cm³/mol. The molecule has 20 heavy (non-hydrogen) atoms. The number of para-hydroxylation sites is 2. The molecule has 0 fully saturated rings. The largest absolute Gasteiger partial charge is 0.494 e. The zero-order valence-corrected chi connectivity index (χ0v) is 12.9. The first-order valence-corrected chi connectivity index (χ1v) is 7.18. The van der Waals surface area contributed by atoms with Crippen molar-refractivity contribution in [3.63, 3.8) is 0 Å². The van der Waals surface area contributed by atoms with Crippen molar-refractivity contribution in [2.75, 3.05) is 14.2 Å². The molecular weight excluding hydrogens is 292 g/mol. The van der Waals surface area contributed by atoms with Gasteiger partial charge in [0.25, 0.3) is 0 Å². The average Bonchev–Trinajstić information content (AvgIpc) is 2.48. The zero-order chi connectivity index (χ0) is 14.4. The summed E-state index contributed by atoms with van der Waals surface area (Å²) in [7, 11) is 3.58. The van der Waals surface area contributed by atoms with E-state index >= 15 is 0 Å². The van der Waals surface area contributed by atoms with Crippen molar-refractivity contribution in [3.05, 3.63) is 53.6 Å². The van der Waals surface area contributed by atoms with Gasteiger partial charge in [0.1, 0.15) is 17.8 Å². The average molecular weight is 307 g/mol. The van der Waals surface area contributed by atoms with E-state index in [-0.39, 0.29) is 0 Å². The van der Waals surface area contributed by atoms with Gasteiger partial charge in [-0.05, 0) is 48.3 Å². The van der Waals surface area contributed by atoms with E-state index in [0.29, 0.717) is 0 Å². The summed E-state index contributed by atoms with van der Waals surface area (Å²) in [6, 6.07) is 15.3. The molecule has 0 atom stereocenters. The number of rotatable bonds is 5. The van der Waals surface area contributed by atoms with Crippen LogP contribution >= 0.6 is 23.5 Å². The van der Waals surface area contributed by atoms with Crippen LogP contribution in [0.15, 0.2) is 58.4 Å². The molecule has 2 aromatic carbocycles. The van der Waals surface area contributed by atoms with Gasteiger partial charge in [-0.2, -0.15) is 0 Å².